The number of carbonyl (C=O) groups is 2. The van der Waals surface area contributed by atoms with E-state index in [0.717, 1.165) is 23.1 Å². The van der Waals surface area contributed by atoms with E-state index in [1.54, 1.807) is 18.3 Å². The number of pyridine rings is 1. The Kier molecular flexibility index (Phi) is 6.39. The van der Waals surface area contributed by atoms with Crippen molar-refractivity contribution in [3.8, 4) is 11.3 Å². The maximum absolute atomic E-state index is 12.7. The number of likely N-dealkylation sites (tertiary alicyclic amines) is 1. The molecule has 0 bridgehead atoms. The molecule has 4 aromatic rings. The van der Waals surface area contributed by atoms with Gasteiger partial charge in [0.1, 0.15) is 23.7 Å². The first-order chi connectivity index (χ1) is 17.9. The molecule has 1 unspecified atom stereocenters. The molecule has 1 atom stereocenters. The van der Waals surface area contributed by atoms with Gasteiger partial charge < -0.3 is 16.0 Å². The summed E-state index contributed by atoms with van der Waals surface area (Å²) in [6, 6.07) is 10.8. The van der Waals surface area contributed by atoms with Gasteiger partial charge in [-0.05, 0) is 57.0 Å². The van der Waals surface area contributed by atoms with Crippen LogP contribution in [0.1, 0.15) is 42.2 Å². The highest BCUT2D eigenvalue weighted by Gasteiger charge is 2.31. The molecule has 10 heteroatoms. The topological polar surface area (TPSA) is 132 Å². The lowest BCUT2D eigenvalue weighted by atomic mass is 10.1. The van der Waals surface area contributed by atoms with E-state index in [2.05, 4.69) is 20.3 Å². The van der Waals surface area contributed by atoms with E-state index in [-0.39, 0.29) is 17.9 Å². The molecule has 1 saturated heterocycles. The van der Waals surface area contributed by atoms with Gasteiger partial charge in [0.25, 0.3) is 5.91 Å². The molecule has 0 aliphatic carbocycles. The van der Waals surface area contributed by atoms with E-state index in [4.69, 9.17) is 10.8 Å². The van der Waals surface area contributed by atoms with Crippen molar-refractivity contribution in [2.24, 2.45) is 0 Å². The third-order valence-electron chi connectivity index (χ3n) is 6.66. The second-order valence-corrected chi connectivity index (χ2v) is 9.17. The molecule has 0 radical (unpaired) electrons. The summed E-state index contributed by atoms with van der Waals surface area (Å²) in [6.07, 6.45) is 5.67. The Morgan fingerprint density at radius 3 is 2.65 bits per heavy atom. The molecule has 1 aromatic carbocycles. The number of nitrogen functional groups attached to an aromatic ring is 1. The van der Waals surface area contributed by atoms with Crippen molar-refractivity contribution < 1.29 is 9.59 Å². The van der Waals surface area contributed by atoms with Crippen molar-refractivity contribution >= 4 is 34.5 Å². The van der Waals surface area contributed by atoms with Gasteiger partial charge in [0, 0.05) is 36.0 Å². The number of amides is 2. The Morgan fingerprint density at radius 1 is 1.14 bits per heavy atom. The first-order valence-corrected chi connectivity index (χ1v) is 12.1. The van der Waals surface area contributed by atoms with Gasteiger partial charge in [0.05, 0.1) is 11.4 Å². The lowest BCUT2D eigenvalue weighted by Crippen LogP contribution is -2.29. The summed E-state index contributed by atoms with van der Waals surface area (Å²) in [5.41, 5.74) is 10.5. The molecule has 5 rings (SSSR count). The number of aryl methyl sites for hydroxylation is 1. The molecule has 3 aromatic heterocycles. The van der Waals surface area contributed by atoms with Crippen molar-refractivity contribution in [3.63, 3.8) is 0 Å². The number of nitrogens with two attached hydrogens (primary N) is 1. The van der Waals surface area contributed by atoms with Crippen LogP contribution in [0.3, 0.4) is 0 Å². The maximum Gasteiger partial charge on any atom is 0.256 e. The lowest BCUT2D eigenvalue weighted by molar-refractivity contribution is -0.126. The van der Waals surface area contributed by atoms with Gasteiger partial charge in [-0.1, -0.05) is 18.2 Å². The average Bonchev–Trinajstić information content (AvgIpc) is 3.54. The Bertz CT molecular complexity index is 1520. The molecule has 1 aliphatic heterocycles. The molecule has 1 aliphatic rings. The fourth-order valence-corrected chi connectivity index (χ4v) is 4.52. The summed E-state index contributed by atoms with van der Waals surface area (Å²) in [5, 5.41) is 8.35. The predicted molar refractivity (Wildman–Crippen MR) is 142 cm³/mol. The number of fused-ring (bicyclic) bond motifs is 1. The number of aromatic nitrogens is 5. The van der Waals surface area contributed by atoms with Gasteiger partial charge in [-0.25, -0.2) is 19.6 Å². The van der Waals surface area contributed by atoms with Crippen LogP contribution >= 0.6 is 0 Å². The fourth-order valence-electron chi connectivity index (χ4n) is 4.52. The van der Waals surface area contributed by atoms with Crippen LogP contribution in [0.2, 0.25) is 0 Å². The van der Waals surface area contributed by atoms with Crippen LogP contribution < -0.4 is 11.1 Å². The van der Waals surface area contributed by atoms with E-state index in [0.29, 0.717) is 47.0 Å². The summed E-state index contributed by atoms with van der Waals surface area (Å²) in [4.78, 5) is 40.1. The van der Waals surface area contributed by atoms with Crippen LogP contribution in [0.25, 0.3) is 22.3 Å². The van der Waals surface area contributed by atoms with E-state index < -0.39 is 0 Å². The Labute approximate surface area is 214 Å². The molecule has 3 N–H and O–H groups in total. The van der Waals surface area contributed by atoms with Gasteiger partial charge in [-0.15, -0.1) is 0 Å². The second kappa shape index (κ2) is 9.81. The minimum absolute atomic E-state index is 0.0329. The van der Waals surface area contributed by atoms with Crippen molar-refractivity contribution in [1.82, 2.24) is 29.6 Å². The Balaban J connectivity index is 1.44. The number of benzene rings is 1. The second-order valence-electron chi connectivity index (χ2n) is 9.17. The average molecular weight is 497 g/mol. The third-order valence-corrected chi connectivity index (χ3v) is 6.66. The zero-order valence-corrected chi connectivity index (χ0v) is 21.0. The van der Waals surface area contributed by atoms with Crippen LogP contribution in [-0.4, -0.2) is 54.5 Å². The largest absolute Gasteiger partial charge is 0.383 e. The summed E-state index contributed by atoms with van der Waals surface area (Å²) in [6.45, 7) is 6.81. The minimum Gasteiger partial charge on any atom is -0.383 e. The van der Waals surface area contributed by atoms with Gasteiger partial charge in [0.15, 0.2) is 5.65 Å². The Morgan fingerprint density at radius 2 is 1.92 bits per heavy atom. The SMILES string of the molecule is C/C=C(/C)C(=O)N1CCC(n2nc(-c3ccc(C(=O)Nc4cc(C)ccn4)cc3)c3c(N)ncnc32)C1. The molecule has 0 spiro atoms. The summed E-state index contributed by atoms with van der Waals surface area (Å²) >= 11 is 0. The van der Waals surface area contributed by atoms with Gasteiger partial charge in [-0.3, -0.25) is 9.59 Å². The van der Waals surface area contributed by atoms with Crippen molar-refractivity contribution in [2.45, 2.75) is 33.2 Å². The first kappa shape index (κ1) is 24.1. The number of anilines is 2. The van der Waals surface area contributed by atoms with Gasteiger partial charge in [0.2, 0.25) is 5.91 Å². The van der Waals surface area contributed by atoms with Crippen molar-refractivity contribution in [3.05, 3.63) is 71.7 Å². The quantitative estimate of drug-likeness (QED) is 0.402. The number of carbonyl (C=O) groups excluding carboxylic acids is 2. The Hall–Kier alpha value is -4.60. The van der Waals surface area contributed by atoms with Crippen LogP contribution in [0, 0.1) is 6.92 Å². The molecule has 0 saturated carbocycles. The maximum atomic E-state index is 12.7. The van der Waals surface area contributed by atoms with Crippen LogP contribution in [0.5, 0.6) is 0 Å². The summed E-state index contributed by atoms with van der Waals surface area (Å²) in [7, 11) is 0. The minimum atomic E-state index is -0.255. The highest BCUT2D eigenvalue weighted by molar-refractivity contribution is 6.04. The molecular formula is C27H28N8O2. The number of allylic oxidation sites excluding steroid dienone is 1. The van der Waals surface area contributed by atoms with Gasteiger partial charge in [-0.2, -0.15) is 5.10 Å². The molecule has 188 valence electrons. The first-order valence-electron chi connectivity index (χ1n) is 12.1. The predicted octanol–water partition coefficient (Wildman–Crippen LogP) is 3.77. The number of rotatable bonds is 5. The lowest BCUT2D eigenvalue weighted by Gasteiger charge is -2.17. The van der Waals surface area contributed by atoms with E-state index >= 15 is 0 Å². The molecule has 10 nitrogen and oxygen atoms in total. The standard InChI is InChI=1S/C27H28N8O2/c1-4-17(3)27(37)34-12-10-20(14-34)35-25-22(24(28)30-15-31-25)23(33-35)18-5-7-19(8-6-18)26(36)32-21-13-16(2)9-11-29-21/h4-9,11,13,15,20H,10,12,14H2,1-3H3,(H2,28,30,31)(H,29,32,36)/b17-4-. The molecule has 4 heterocycles. The zero-order valence-electron chi connectivity index (χ0n) is 21.0. The van der Waals surface area contributed by atoms with E-state index in [1.807, 2.05) is 60.7 Å². The normalized spacial score (nSPS) is 15.8. The molecule has 37 heavy (non-hydrogen) atoms. The number of nitrogens with one attached hydrogen (secondary N) is 1. The molecule has 1 fully saturated rings. The monoisotopic (exact) mass is 496 g/mol. The number of hydrogen-bond donors (Lipinski definition) is 2. The molecule has 2 amide bonds. The van der Waals surface area contributed by atoms with E-state index in [9.17, 15) is 9.59 Å². The highest BCUT2D eigenvalue weighted by Crippen LogP contribution is 2.34. The fraction of sp³-hybridized carbons (Fsp3) is 0.259. The zero-order chi connectivity index (χ0) is 26.1. The van der Waals surface area contributed by atoms with Gasteiger partial charge >= 0.3 is 0 Å². The molecular weight excluding hydrogens is 468 g/mol. The summed E-state index contributed by atoms with van der Waals surface area (Å²) < 4.78 is 1.85. The van der Waals surface area contributed by atoms with Crippen LogP contribution in [0.4, 0.5) is 11.6 Å². The third kappa shape index (κ3) is 4.65. The smallest absolute Gasteiger partial charge is 0.256 e. The van der Waals surface area contributed by atoms with Crippen molar-refractivity contribution in [1.29, 1.82) is 0 Å². The number of hydrogen-bond acceptors (Lipinski definition) is 7. The summed E-state index contributed by atoms with van der Waals surface area (Å²) in [5.74, 6) is 0.604. The van der Waals surface area contributed by atoms with Crippen LogP contribution in [0.15, 0.2) is 60.6 Å². The number of nitrogens with zero attached hydrogens (tertiary/aromatic N) is 6. The van der Waals surface area contributed by atoms with Crippen LogP contribution in [-0.2, 0) is 4.79 Å². The van der Waals surface area contributed by atoms with Crippen molar-refractivity contribution in [2.75, 3.05) is 24.1 Å². The van der Waals surface area contributed by atoms with E-state index in [1.165, 1.54) is 6.33 Å². The highest BCUT2D eigenvalue weighted by atomic mass is 16.2.